The lowest BCUT2D eigenvalue weighted by Crippen LogP contribution is -2.05. The van der Waals surface area contributed by atoms with E-state index in [-0.39, 0.29) is 0 Å². The van der Waals surface area contributed by atoms with Crippen LogP contribution in [-0.2, 0) is 0 Å². The van der Waals surface area contributed by atoms with Gasteiger partial charge in [0, 0.05) is 0 Å². The van der Waals surface area contributed by atoms with Crippen LogP contribution in [-0.4, -0.2) is 21.6 Å². The first-order valence-corrected chi connectivity index (χ1v) is 4.38. The zero-order valence-electron chi connectivity index (χ0n) is 5.13. The van der Waals surface area contributed by atoms with Gasteiger partial charge in [0.05, 0.1) is 0 Å². The molecule has 0 spiro atoms. The summed E-state index contributed by atoms with van der Waals surface area (Å²) < 4.78 is 1.11. The van der Waals surface area contributed by atoms with E-state index in [1.54, 1.807) is 6.08 Å². The van der Waals surface area contributed by atoms with E-state index in [9.17, 15) is 0 Å². The van der Waals surface area contributed by atoms with Crippen LogP contribution in [0.1, 0.15) is 12.8 Å². The predicted molar refractivity (Wildman–Crippen MR) is 47.5 cm³/mol. The maximum atomic E-state index is 8.32. The molecule has 2 N–H and O–H groups in total. The van der Waals surface area contributed by atoms with Crippen molar-refractivity contribution in [3.05, 3.63) is 12.1 Å². The van der Waals surface area contributed by atoms with Crippen molar-refractivity contribution >= 4 is 29.7 Å². The molecule has 0 rings (SSSR count). The van der Waals surface area contributed by atoms with Crippen LogP contribution in [0.15, 0.2) is 12.1 Å². The van der Waals surface area contributed by atoms with Crippen LogP contribution in [0.5, 0.6) is 0 Å². The topological polar surface area (TPSA) is 40.5 Å². The first-order valence-electron chi connectivity index (χ1n) is 2.86. The Hall–Kier alpha value is 0.455. The van der Waals surface area contributed by atoms with E-state index in [0.717, 1.165) is 17.3 Å². The van der Waals surface area contributed by atoms with E-state index >= 15 is 0 Å². The van der Waals surface area contributed by atoms with Crippen molar-refractivity contribution in [1.82, 2.24) is 0 Å². The van der Waals surface area contributed by atoms with Crippen LogP contribution >= 0.6 is 22.6 Å². The van der Waals surface area contributed by atoms with Gasteiger partial charge in [0.1, 0.15) is 0 Å². The Morgan fingerprint density at radius 3 is 2.56 bits per heavy atom. The summed E-state index contributed by atoms with van der Waals surface area (Å²) in [5, 5.41) is 16.6. The maximum Gasteiger partial charge on any atom is 0.480 e. The Morgan fingerprint density at radius 2 is 2.11 bits per heavy atom. The molecule has 0 unspecified atom stereocenters. The molecule has 0 saturated carbocycles. The van der Waals surface area contributed by atoms with E-state index in [2.05, 4.69) is 22.6 Å². The second-order valence-electron chi connectivity index (χ2n) is 1.67. The molecule has 0 aromatic carbocycles. The molecule has 0 bridgehead atoms. The van der Waals surface area contributed by atoms with E-state index < -0.39 is 7.12 Å². The van der Waals surface area contributed by atoms with Crippen molar-refractivity contribution in [2.24, 2.45) is 0 Å². The Kier molecular flexibility index (Phi) is 6.91. The lowest BCUT2D eigenvalue weighted by Gasteiger charge is -1.87. The maximum absolute atomic E-state index is 8.32. The molecule has 0 amide bonds. The minimum Gasteiger partial charge on any atom is -0.424 e. The minimum absolute atomic E-state index is 0.931. The van der Waals surface area contributed by atoms with Crippen molar-refractivity contribution in [2.75, 3.05) is 4.43 Å². The molecule has 0 saturated heterocycles. The van der Waals surface area contributed by atoms with Crippen molar-refractivity contribution < 1.29 is 10.0 Å². The quantitative estimate of drug-likeness (QED) is 0.329. The van der Waals surface area contributed by atoms with Crippen molar-refractivity contribution in [3.8, 4) is 0 Å². The average molecular weight is 240 g/mol. The van der Waals surface area contributed by atoms with Gasteiger partial charge in [0.15, 0.2) is 0 Å². The molecular formula is C5H10BIO2. The summed E-state index contributed by atoms with van der Waals surface area (Å²) in [4.78, 5) is 0. The molecule has 0 aliphatic heterocycles. The number of hydrogen-bond acceptors (Lipinski definition) is 2. The number of rotatable bonds is 4. The van der Waals surface area contributed by atoms with Gasteiger partial charge in [0.25, 0.3) is 0 Å². The third-order valence-electron chi connectivity index (χ3n) is 0.813. The SMILES string of the molecule is OB(O)/C=C/CCCI. The van der Waals surface area contributed by atoms with Gasteiger partial charge in [-0.25, -0.2) is 0 Å². The molecule has 0 atom stereocenters. The molecule has 0 aromatic rings. The summed E-state index contributed by atoms with van der Waals surface area (Å²) in [6.45, 7) is 0. The molecule has 2 nitrogen and oxygen atoms in total. The fourth-order valence-corrected chi connectivity index (χ4v) is 0.853. The summed E-state index contributed by atoms with van der Waals surface area (Å²) in [5.41, 5.74) is 0. The molecule has 9 heavy (non-hydrogen) atoms. The number of alkyl halides is 1. The molecule has 0 fully saturated rings. The summed E-state index contributed by atoms with van der Waals surface area (Å²) >= 11 is 2.29. The van der Waals surface area contributed by atoms with Crippen LogP contribution in [0.4, 0.5) is 0 Å². The minimum atomic E-state index is -1.28. The van der Waals surface area contributed by atoms with Gasteiger partial charge in [-0.2, -0.15) is 0 Å². The second-order valence-corrected chi connectivity index (χ2v) is 2.75. The smallest absolute Gasteiger partial charge is 0.424 e. The molecular weight excluding hydrogens is 230 g/mol. The third kappa shape index (κ3) is 8.45. The Balaban J connectivity index is 3.04. The average Bonchev–Trinajstić information content (AvgIpc) is 1.80. The van der Waals surface area contributed by atoms with Gasteiger partial charge < -0.3 is 10.0 Å². The van der Waals surface area contributed by atoms with Gasteiger partial charge in [0.2, 0.25) is 0 Å². The van der Waals surface area contributed by atoms with Gasteiger partial charge >= 0.3 is 7.12 Å². The fraction of sp³-hybridized carbons (Fsp3) is 0.600. The number of unbranched alkanes of at least 4 members (excludes halogenated alkanes) is 1. The highest BCUT2D eigenvalue weighted by atomic mass is 127. The first-order chi connectivity index (χ1) is 4.27. The van der Waals surface area contributed by atoms with Crippen molar-refractivity contribution in [1.29, 1.82) is 0 Å². The third-order valence-corrected chi connectivity index (χ3v) is 1.58. The monoisotopic (exact) mass is 240 g/mol. The van der Waals surface area contributed by atoms with Crippen LogP contribution in [0, 0.1) is 0 Å². The van der Waals surface area contributed by atoms with E-state index in [0.29, 0.717) is 0 Å². The first kappa shape index (κ1) is 9.45. The highest BCUT2D eigenvalue weighted by molar-refractivity contribution is 14.1. The van der Waals surface area contributed by atoms with E-state index in [1.807, 2.05) is 0 Å². The van der Waals surface area contributed by atoms with Crippen LogP contribution < -0.4 is 0 Å². The van der Waals surface area contributed by atoms with Crippen molar-refractivity contribution in [3.63, 3.8) is 0 Å². The van der Waals surface area contributed by atoms with Crippen LogP contribution in [0.25, 0.3) is 0 Å². The van der Waals surface area contributed by atoms with E-state index in [1.165, 1.54) is 5.98 Å². The normalized spacial score (nSPS) is 10.6. The van der Waals surface area contributed by atoms with Crippen LogP contribution in [0.3, 0.4) is 0 Å². The standard InChI is InChI=1S/C5H10BIO2/c7-5-3-1-2-4-6(8)9/h2,4,8-9H,1,3,5H2/b4-2+. The predicted octanol–water partition coefficient (Wildman–Crippen LogP) is 0.770. The summed E-state index contributed by atoms with van der Waals surface area (Å²) in [6.07, 6.45) is 3.81. The van der Waals surface area contributed by atoms with Gasteiger partial charge in [-0.3, -0.25) is 0 Å². The largest absolute Gasteiger partial charge is 0.480 e. The molecule has 0 radical (unpaired) electrons. The molecule has 0 aliphatic rings. The van der Waals surface area contributed by atoms with Gasteiger partial charge in [-0.15, -0.1) is 0 Å². The molecule has 52 valence electrons. The summed E-state index contributed by atoms with van der Waals surface area (Å²) in [6, 6.07) is 0. The van der Waals surface area contributed by atoms with Gasteiger partial charge in [-0.05, 0) is 17.3 Å². The number of allylic oxidation sites excluding steroid dienone is 1. The van der Waals surface area contributed by atoms with E-state index in [4.69, 9.17) is 10.0 Å². The lowest BCUT2D eigenvalue weighted by atomic mass is 9.91. The zero-order valence-corrected chi connectivity index (χ0v) is 7.28. The highest BCUT2D eigenvalue weighted by Crippen LogP contribution is 1.94. The Bertz CT molecular complexity index is 85.0. The zero-order chi connectivity index (χ0) is 7.11. The number of hydrogen-bond donors (Lipinski definition) is 2. The molecule has 0 aliphatic carbocycles. The second kappa shape index (κ2) is 6.57. The molecule has 4 heteroatoms. The highest BCUT2D eigenvalue weighted by Gasteiger charge is 1.95. The Morgan fingerprint density at radius 1 is 1.44 bits per heavy atom. The summed E-state index contributed by atoms with van der Waals surface area (Å²) in [7, 11) is -1.28. The Labute approximate surface area is 69.3 Å². The van der Waals surface area contributed by atoms with Crippen LogP contribution in [0.2, 0.25) is 0 Å². The molecule has 0 heterocycles. The van der Waals surface area contributed by atoms with Gasteiger partial charge in [-0.1, -0.05) is 34.6 Å². The lowest BCUT2D eigenvalue weighted by molar-refractivity contribution is 0.424. The fourth-order valence-electron chi connectivity index (χ4n) is 0.413. The van der Waals surface area contributed by atoms with Crippen molar-refractivity contribution in [2.45, 2.75) is 12.8 Å². The molecule has 0 aromatic heterocycles. The summed E-state index contributed by atoms with van der Waals surface area (Å²) in [5.74, 6) is 1.38. The number of halogens is 1.